The zero-order valence-corrected chi connectivity index (χ0v) is 4.59. The van der Waals surface area contributed by atoms with Gasteiger partial charge in [-0.05, 0) is 0 Å². The molecule has 0 bridgehead atoms. The number of rotatable bonds is 3. The summed E-state index contributed by atoms with van der Waals surface area (Å²) in [7, 11) is 13.7. The highest BCUT2D eigenvalue weighted by Gasteiger charge is 1.97. The van der Waals surface area contributed by atoms with Crippen LogP contribution in [0.25, 0.3) is 0 Å². The van der Waals surface area contributed by atoms with Crippen LogP contribution in [0.15, 0.2) is 0 Å². The lowest BCUT2D eigenvalue weighted by Gasteiger charge is -1.97. The third-order valence-corrected chi connectivity index (χ3v) is 0.830. The Morgan fingerprint density at radius 2 is 2.29 bits per heavy atom. The second-order valence-corrected chi connectivity index (χ2v) is 1.46. The van der Waals surface area contributed by atoms with Crippen LogP contribution in [0, 0.1) is 0 Å². The van der Waals surface area contributed by atoms with E-state index in [0.717, 1.165) is 6.32 Å². The molecule has 5 heteroatoms. The number of hydrogen-bond acceptors (Lipinski definition) is 0. The average Bonchev–Trinajstić information content (AvgIpc) is 1.68. The van der Waals surface area contributed by atoms with Crippen LogP contribution < -0.4 is 0 Å². The van der Waals surface area contributed by atoms with Crippen molar-refractivity contribution in [1.82, 2.24) is 0 Å². The Labute approximate surface area is 50.1 Å². The molecule has 0 nitrogen and oxygen atoms in total. The van der Waals surface area contributed by atoms with E-state index in [4.69, 9.17) is 15.5 Å². The molecule has 0 heterocycles. The second kappa shape index (κ2) is 4.48. The molecule has 0 N–H and O–H groups in total. The lowest BCUT2D eigenvalue weighted by Crippen LogP contribution is -2.27. The quantitative estimate of drug-likeness (QED) is 0.387. The molecule has 0 aromatic rings. The molecule has 0 aromatic heterocycles. The van der Waals surface area contributed by atoms with Crippen LogP contribution in [0.2, 0.25) is 6.32 Å². The van der Waals surface area contributed by atoms with Gasteiger partial charge < -0.3 is 0 Å². The molecule has 28 valence electrons. The van der Waals surface area contributed by atoms with Crippen molar-refractivity contribution < 1.29 is 0 Å². The first kappa shape index (κ1) is 7.32. The van der Waals surface area contributed by atoms with Crippen molar-refractivity contribution in [2.24, 2.45) is 0 Å². The van der Waals surface area contributed by atoms with Gasteiger partial charge in [0, 0.05) is 36.1 Å². The van der Waals surface area contributed by atoms with Crippen molar-refractivity contribution >= 4 is 36.1 Å². The second-order valence-electron chi connectivity index (χ2n) is 1.46. The van der Waals surface area contributed by atoms with Gasteiger partial charge in [-0.1, -0.05) is 13.2 Å². The molecule has 0 spiro atoms. The summed E-state index contributed by atoms with van der Waals surface area (Å²) in [5, 5.41) is 0. The van der Waals surface area contributed by atoms with Crippen LogP contribution in [0.4, 0.5) is 0 Å². The van der Waals surface area contributed by atoms with Crippen molar-refractivity contribution in [2.75, 3.05) is 0 Å². The van der Waals surface area contributed by atoms with Gasteiger partial charge >= 0.3 is 0 Å². The fourth-order valence-electron chi connectivity index (χ4n) is 0.279. The Hall–Kier alpha value is 0.325. The molecule has 0 unspecified atom stereocenters. The molecule has 0 aromatic carbocycles. The van der Waals surface area contributed by atoms with E-state index in [9.17, 15) is 0 Å². The summed E-state index contributed by atoms with van der Waals surface area (Å²) in [6.45, 7) is 2.16. The summed E-state index contributed by atoms with van der Waals surface area (Å²) >= 11 is 0. The molecule has 0 amide bonds. The minimum absolute atomic E-state index is 0.144. The van der Waals surface area contributed by atoms with E-state index in [1.165, 1.54) is 7.06 Å². The normalized spacial score (nSPS) is 7.57. The zero-order valence-electron chi connectivity index (χ0n) is 4.59. The van der Waals surface area contributed by atoms with E-state index in [2.05, 4.69) is 0 Å². The monoisotopic (exact) mass is 84.1 g/mol. The largest absolute Gasteiger partial charge is 0.0930 e. The van der Waals surface area contributed by atoms with Gasteiger partial charge in [0.25, 0.3) is 0 Å². The fraction of sp³-hybridized carbons (Fsp3) is 1.00. The van der Waals surface area contributed by atoms with Crippen LogP contribution in [-0.2, 0) is 0 Å². The zero-order chi connectivity index (χ0) is 5.70. The summed E-state index contributed by atoms with van der Waals surface area (Å²) in [4.78, 5) is 0. The van der Waals surface area contributed by atoms with Crippen LogP contribution >= 0.6 is 0 Å². The first-order valence-electron chi connectivity index (χ1n) is 2.45. The fourth-order valence-corrected chi connectivity index (χ4v) is 0.279. The van der Waals surface area contributed by atoms with Gasteiger partial charge in [0.1, 0.15) is 0 Å². The Balaban J connectivity index is 2.83. The van der Waals surface area contributed by atoms with Gasteiger partial charge in [-0.3, -0.25) is 0 Å². The minimum atomic E-state index is 0.144. The maximum atomic E-state index is 5.42. The molecule has 7 heavy (non-hydrogen) atoms. The van der Waals surface area contributed by atoms with Gasteiger partial charge in [0.15, 0.2) is 0 Å². The number of hydrogen-bond donors (Lipinski definition) is 0. The third kappa shape index (κ3) is 4.17. The van der Waals surface area contributed by atoms with Crippen LogP contribution in [0.1, 0.15) is 6.92 Å². The highest BCUT2D eigenvalue weighted by Crippen LogP contribution is 1.78. The first-order chi connectivity index (χ1) is 3.31. The van der Waals surface area contributed by atoms with Crippen LogP contribution in [-0.4, -0.2) is 36.1 Å². The van der Waals surface area contributed by atoms with E-state index in [-0.39, 0.29) is 6.49 Å². The molecule has 0 aliphatic rings. The van der Waals surface area contributed by atoms with E-state index in [1.807, 2.05) is 6.92 Å². The van der Waals surface area contributed by atoms with Gasteiger partial charge in [-0.2, -0.15) is 0 Å². The third-order valence-electron chi connectivity index (χ3n) is 0.830. The molecular formula is C2H5B5. The van der Waals surface area contributed by atoms with E-state index >= 15 is 0 Å². The van der Waals surface area contributed by atoms with Crippen LogP contribution in [0.5, 0.6) is 0 Å². The molecule has 0 aliphatic heterocycles. The predicted octanol–water partition coefficient (Wildman–Crippen LogP) is -0.930. The maximum Gasteiger partial charge on any atom is 0.0449 e. The minimum Gasteiger partial charge on any atom is -0.0930 e. The van der Waals surface area contributed by atoms with Gasteiger partial charge in [0.2, 0.25) is 0 Å². The smallest absolute Gasteiger partial charge is 0.0449 e. The molecule has 0 saturated heterocycles. The lowest BCUT2D eigenvalue weighted by molar-refractivity contribution is 1.47. The Bertz CT molecular complexity index is 37.1. The summed E-state index contributed by atoms with van der Waals surface area (Å²) in [6.07, 6.45) is 0.952. The lowest BCUT2D eigenvalue weighted by atomic mass is 8.97. The standard InChI is InChI=1S/C2H5B5/c1-2-7(4)6-5-3/h2H2,1H3. The van der Waals surface area contributed by atoms with Crippen molar-refractivity contribution in [3.8, 4) is 0 Å². The van der Waals surface area contributed by atoms with Crippen molar-refractivity contribution in [3.63, 3.8) is 0 Å². The Morgan fingerprint density at radius 1 is 1.71 bits per heavy atom. The van der Waals surface area contributed by atoms with Gasteiger partial charge in [-0.25, -0.2) is 0 Å². The van der Waals surface area contributed by atoms with Gasteiger partial charge in [-0.15, -0.1) is 0 Å². The van der Waals surface area contributed by atoms with Crippen LogP contribution in [0.3, 0.4) is 0 Å². The van der Waals surface area contributed by atoms with Gasteiger partial charge in [0.05, 0.1) is 0 Å². The molecule has 0 aliphatic carbocycles. The highest BCUT2D eigenvalue weighted by molar-refractivity contribution is 7.55. The van der Waals surface area contributed by atoms with E-state index < -0.39 is 0 Å². The summed E-state index contributed by atoms with van der Waals surface area (Å²) < 4.78 is 0. The highest BCUT2D eigenvalue weighted by atomic mass is 13.4. The molecule has 0 fully saturated rings. The molecular weight excluding hydrogens is 78.1 g/mol. The summed E-state index contributed by atoms with van der Waals surface area (Å²) in [6, 6.07) is 0. The molecule has 6 radical (unpaired) electrons. The average molecular weight is 83.1 g/mol. The topological polar surface area (TPSA) is 0 Å². The predicted molar refractivity (Wildman–Crippen MR) is 39.3 cm³/mol. The SMILES string of the molecule is [B][B][B]B([B])CC. The molecule has 0 saturated carbocycles. The molecule has 0 rings (SSSR count). The summed E-state index contributed by atoms with van der Waals surface area (Å²) in [5.41, 5.74) is 0. The summed E-state index contributed by atoms with van der Waals surface area (Å²) in [5.74, 6) is 0. The first-order valence-corrected chi connectivity index (χ1v) is 2.45. The Kier molecular flexibility index (Phi) is 4.69. The van der Waals surface area contributed by atoms with Crippen molar-refractivity contribution in [3.05, 3.63) is 0 Å². The van der Waals surface area contributed by atoms with E-state index in [1.54, 1.807) is 7.06 Å². The van der Waals surface area contributed by atoms with Crippen molar-refractivity contribution in [2.45, 2.75) is 13.2 Å². The van der Waals surface area contributed by atoms with E-state index in [0.29, 0.717) is 0 Å². The maximum absolute atomic E-state index is 5.42. The van der Waals surface area contributed by atoms with Crippen molar-refractivity contribution in [1.29, 1.82) is 0 Å². The Morgan fingerprint density at radius 3 is 2.43 bits per heavy atom. The molecule has 0 atom stereocenters.